The molecule has 4 nitrogen and oxygen atoms in total. The number of hydrogen-bond donors (Lipinski definition) is 1. The highest BCUT2D eigenvalue weighted by Gasteiger charge is 2.25. The number of hydrogen-bond acceptors (Lipinski definition) is 4. The van der Waals surface area contributed by atoms with Crippen molar-refractivity contribution in [2.75, 3.05) is 13.3 Å². The lowest BCUT2D eigenvalue weighted by atomic mass is 9.98. The molecule has 0 saturated carbocycles. The zero-order valence-electron chi connectivity index (χ0n) is 11.8. The second-order valence-corrected chi connectivity index (χ2v) is 6.20. The van der Waals surface area contributed by atoms with Crippen molar-refractivity contribution >= 4 is 11.6 Å². The summed E-state index contributed by atoms with van der Waals surface area (Å²) >= 11 is 6.21. The number of halogens is 1. The highest BCUT2D eigenvalue weighted by molar-refractivity contribution is 6.30. The Morgan fingerprint density at radius 3 is 3.10 bits per heavy atom. The van der Waals surface area contributed by atoms with Crippen molar-refractivity contribution in [2.24, 2.45) is 5.73 Å². The van der Waals surface area contributed by atoms with Crippen LogP contribution >= 0.6 is 11.6 Å². The molecule has 2 aliphatic rings. The lowest BCUT2D eigenvalue weighted by Crippen LogP contribution is -2.45. The molecule has 0 aromatic heterocycles. The molecule has 1 fully saturated rings. The maximum atomic E-state index is 6.21. The van der Waals surface area contributed by atoms with E-state index in [1.54, 1.807) is 0 Å². The molecule has 5 heteroatoms. The summed E-state index contributed by atoms with van der Waals surface area (Å²) in [4.78, 5) is 2.45. The fraction of sp³-hybridized carbons (Fsp3) is 0.600. The molecule has 0 radical (unpaired) electrons. The highest BCUT2D eigenvalue weighted by atomic mass is 35.5. The van der Waals surface area contributed by atoms with Gasteiger partial charge >= 0.3 is 0 Å². The van der Waals surface area contributed by atoms with Gasteiger partial charge in [-0.05, 0) is 31.9 Å². The first-order valence-electron chi connectivity index (χ1n) is 7.15. The van der Waals surface area contributed by atoms with Crippen LogP contribution in [0.15, 0.2) is 12.1 Å². The number of piperidine rings is 1. The first kappa shape index (κ1) is 14.1. The first-order valence-corrected chi connectivity index (χ1v) is 7.52. The van der Waals surface area contributed by atoms with Gasteiger partial charge in [-0.2, -0.15) is 0 Å². The minimum atomic E-state index is 0.321. The van der Waals surface area contributed by atoms with Crippen molar-refractivity contribution < 1.29 is 9.47 Å². The second kappa shape index (κ2) is 5.90. The van der Waals surface area contributed by atoms with Gasteiger partial charge in [0.2, 0.25) is 0 Å². The Hall–Kier alpha value is -0.810. The van der Waals surface area contributed by atoms with Crippen LogP contribution in [-0.2, 0) is 17.9 Å². The molecule has 1 aromatic carbocycles. The Kier molecular flexibility index (Phi) is 4.17. The Morgan fingerprint density at radius 2 is 2.30 bits per heavy atom. The van der Waals surface area contributed by atoms with E-state index >= 15 is 0 Å². The number of nitrogens with two attached hydrogens (primary N) is 1. The Labute approximate surface area is 124 Å². The summed E-state index contributed by atoms with van der Waals surface area (Å²) in [6.45, 7) is 5.02. The fourth-order valence-corrected chi connectivity index (χ4v) is 3.35. The van der Waals surface area contributed by atoms with Gasteiger partial charge in [0.1, 0.15) is 5.75 Å². The standard InChI is InChI=1S/C15H21ClN2O2/c1-10-4-14(17)2-3-18(10)7-11-5-13(16)6-12-8-19-9-20-15(11)12/h5-6,10,14H,2-4,7-9,17H2,1H3. The molecule has 2 heterocycles. The number of likely N-dealkylation sites (tertiary alicyclic amines) is 1. The molecule has 2 N–H and O–H groups in total. The monoisotopic (exact) mass is 296 g/mol. The van der Waals surface area contributed by atoms with E-state index in [4.69, 9.17) is 26.8 Å². The summed E-state index contributed by atoms with van der Waals surface area (Å²) in [6, 6.07) is 4.76. The molecule has 0 bridgehead atoms. The molecule has 0 amide bonds. The van der Waals surface area contributed by atoms with E-state index in [9.17, 15) is 0 Å². The van der Waals surface area contributed by atoms with Crippen molar-refractivity contribution in [1.82, 2.24) is 4.90 Å². The Bertz CT molecular complexity index is 495. The summed E-state index contributed by atoms with van der Waals surface area (Å²) in [6.07, 6.45) is 2.10. The quantitative estimate of drug-likeness (QED) is 0.911. The van der Waals surface area contributed by atoms with Gasteiger partial charge in [-0.15, -0.1) is 0 Å². The van der Waals surface area contributed by atoms with Gasteiger partial charge < -0.3 is 15.2 Å². The average Bonchev–Trinajstić information content (AvgIpc) is 2.41. The van der Waals surface area contributed by atoms with Gasteiger partial charge in [0, 0.05) is 41.3 Å². The number of ether oxygens (including phenoxy) is 2. The van der Waals surface area contributed by atoms with Gasteiger partial charge in [0.15, 0.2) is 6.79 Å². The Balaban J connectivity index is 1.81. The van der Waals surface area contributed by atoms with Crippen molar-refractivity contribution in [3.05, 3.63) is 28.3 Å². The molecular weight excluding hydrogens is 276 g/mol. The van der Waals surface area contributed by atoms with E-state index in [2.05, 4.69) is 11.8 Å². The predicted octanol–water partition coefficient (Wildman–Crippen LogP) is 2.52. The van der Waals surface area contributed by atoms with Gasteiger partial charge in [-0.3, -0.25) is 4.90 Å². The predicted molar refractivity (Wildman–Crippen MR) is 78.8 cm³/mol. The summed E-state index contributed by atoms with van der Waals surface area (Å²) in [5.74, 6) is 0.947. The van der Waals surface area contributed by atoms with E-state index in [1.807, 2.05) is 12.1 Å². The normalized spacial score (nSPS) is 26.9. The van der Waals surface area contributed by atoms with Gasteiger partial charge in [-0.25, -0.2) is 0 Å². The SMILES string of the molecule is CC1CC(N)CCN1Cc1cc(Cl)cc2c1OCOC2. The van der Waals surface area contributed by atoms with Crippen LogP contribution in [0.5, 0.6) is 5.75 Å². The topological polar surface area (TPSA) is 47.7 Å². The molecule has 1 saturated heterocycles. The van der Waals surface area contributed by atoms with E-state index in [-0.39, 0.29) is 0 Å². The second-order valence-electron chi connectivity index (χ2n) is 5.77. The van der Waals surface area contributed by atoms with Gasteiger partial charge in [0.05, 0.1) is 6.61 Å². The number of fused-ring (bicyclic) bond motifs is 1. The van der Waals surface area contributed by atoms with E-state index < -0.39 is 0 Å². The number of benzene rings is 1. The molecule has 0 aliphatic carbocycles. The summed E-state index contributed by atoms with van der Waals surface area (Å²) < 4.78 is 11.0. The summed E-state index contributed by atoms with van der Waals surface area (Å²) in [5.41, 5.74) is 8.22. The average molecular weight is 297 g/mol. The van der Waals surface area contributed by atoms with Crippen LogP contribution in [0.1, 0.15) is 30.9 Å². The maximum absolute atomic E-state index is 6.21. The fourth-order valence-electron chi connectivity index (χ4n) is 3.08. The van der Waals surface area contributed by atoms with Crippen molar-refractivity contribution in [2.45, 2.75) is 45.0 Å². The zero-order valence-corrected chi connectivity index (χ0v) is 12.5. The van der Waals surface area contributed by atoms with Crippen molar-refractivity contribution in [1.29, 1.82) is 0 Å². The summed E-state index contributed by atoms with van der Waals surface area (Å²) in [5, 5.41) is 0.745. The van der Waals surface area contributed by atoms with Gasteiger partial charge in [0.25, 0.3) is 0 Å². The first-order chi connectivity index (χ1) is 9.63. The number of rotatable bonds is 2. The molecule has 2 aliphatic heterocycles. The molecule has 20 heavy (non-hydrogen) atoms. The molecule has 110 valence electrons. The third-order valence-electron chi connectivity index (χ3n) is 4.18. The number of nitrogens with zero attached hydrogens (tertiary/aromatic N) is 1. The van der Waals surface area contributed by atoms with E-state index in [1.165, 1.54) is 0 Å². The van der Waals surface area contributed by atoms with Crippen LogP contribution in [0.4, 0.5) is 0 Å². The van der Waals surface area contributed by atoms with Crippen LogP contribution in [0.3, 0.4) is 0 Å². The van der Waals surface area contributed by atoms with Crippen LogP contribution < -0.4 is 10.5 Å². The van der Waals surface area contributed by atoms with Crippen molar-refractivity contribution in [3.8, 4) is 5.75 Å². The van der Waals surface area contributed by atoms with Crippen molar-refractivity contribution in [3.63, 3.8) is 0 Å². The molecular formula is C15H21ClN2O2. The molecule has 2 atom stereocenters. The largest absolute Gasteiger partial charge is 0.467 e. The van der Waals surface area contributed by atoms with Crippen LogP contribution in [0.25, 0.3) is 0 Å². The van der Waals surface area contributed by atoms with Crippen LogP contribution in [0.2, 0.25) is 5.02 Å². The minimum Gasteiger partial charge on any atom is -0.467 e. The molecule has 2 unspecified atom stereocenters. The minimum absolute atomic E-state index is 0.321. The van der Waals surface area contributed by atoms with E-state index in [0.29, 0.717) is 25.5 Å². The third kappa shape index (κ3) is 2.93. The van der Waals surface area contributed by atoms with Gasteiger partial charge in [-0.1, -0.05) is 11.6 Å². The van der Waals surface area contributed by atoms with Crippen LogP contribution in [-0.4, -0.2) is 30.3 Å². The summed E-state index contributed by atoms with van der Waals surface area (Å²) in [7, 11) is 0. The Morgan fingerprint density at radius 1 is 1.45 bits per heavy atom. The van der Waals surface area contributed by atoms with Crippen LogP contribution in [0, 0.1) is 0 Å². The third-order valence-corrected chi connectivity index (χ3v) is 4.40. The zero-order chi connectivity index (χ0) is 14.1. The molecule has 3 rings (SSSR count). The molecule has 0 spiro atoms. The lowest BCUT2D eigenvalue weighted by molar-refractivity contribution is -0.0177. The maximum Gasteiger partial charge on any atom is 0.189 e. The lowest BCUT2D eigenvalue weighted by Gasteiger charge is -2.37. The molecule has 1 aromatic rings. The highest BCUT2D eigenvalue weighted by Crippen LogP contribution is 2.33. The smallest absolute Gasteiger partial charge is 0.189 e. The van der Waals surface area contributed by atoms with E-state index in [0.717, 1.165) is 47.8 Å².